The molecule has 2 aromatic rings. The number of rotatable bonds is 7. The Hall–Kier alpha value is -1.88. The first-order valence-corrected chi connectivity index (χ1v) is 6.88. The summed E-state index contributed by atoms with van der Waals surface area (Å²) >= 11 is 0. The van der Waals surface area contributed by atoms with E-state index >= 15 is 0 Å². The highest BCUT2D eigenvalue weighted by Gasteiger charge is 2.10. The van der Waals surface area contributed by atoms with E-state index in [2.05, 4.69) is 29.0 Å². The van der Waals surface area contributed by atoms with E-state index < -0.39 is 0 Å². The maximum Gasteiger partial charge on any atom is 0.241 e. The van der Waals surface area contributed by atoms with Crippen molar-refractivity contribution in [3.8, 4) is 17.1 Å². The second-order valence-electron chi connectivity index (χ2n) is 4.83. The van der Waals surface area contributed by atoms with Gasteiger partial charge in [0.15, 0.2) is 0 Å². The van der Waals surface area contributed by atoms with Gasteiger partial charge in [0.05, 0.1) is 13.7 Å². The largest absolute Gasteiger partial charge is 0.497 e. The number of methoxy groups -OCH3 is 1. The summed E-state index contributed by atoms with van der Waals surface area (Å²) in [5.74, 6) is 2.08. The van der Waals surface area contributed by atoms with Gasteiger partial charge in [0.1, 0.15) is 5.75 Å². The predicted molar refractivity (Wildman–Crippen MR) is 77.5 cm³/mol. The average Bonchev–Trinajstić information content (AvgIpc) is 2.93. The minimum atomic E-state index is 0.617. The summed E-state index contributed by atoms with van der Waals surface area (Å²) in [6.45, 7) is 3.90. The Morgan fingerprint density at radius 2 is 2.00 bits per heavy atom. The van der Waals surface area contributed by atoms with Crippen LogP contribution in [0.1, 0.15) is 25.7 Å². The third-order valence-electron chi connectivity index (χ3n) is 3.11. The Balaban J connectivity index is 2.00. The molecule has 0 saturated carbocycles. The van der Waals surface area contributed by atoms with Gasteiger partial charge in [-0.25, -0.2) is 0 Å². The van der Waals surface area contributed by atoms with E-state index in [9.17, 15) is 0 Å². The summed E-state index contributed by atoms with van der Waals surface area (Å²) in [6, 6.07) is 7.63. The number of hydrogen-bond donors (Lipinski definition) is 0. The maximum atomic E-state index is 5.29. The molecule has 0 atom stereocenters. The van der Waals surface area contributed by atoms with Gasteiger partial charge in [0.2, 0.25) is 11.7 Å². The van der Waals surface area contributed by atoms with Crippen molar-refractivity contribution in [1.29, 1.82) is 0 Å². The summed E-state index contributed by atoms with van der Waals surface area (Å²) in [5, 5.41) is 4.02. The monoisotopic (exact) mass is 275 g/mol. The fraction of sp³-hybridized carbons (Fsp3) is 0.467. The van der Waals surface area contributed by atoms with Gasteiger partial charge in [-0.2, -0.15) is 4.98 Å². The Morgan fingerprint density at radius 1 is 1.25 bits per heavy atom. The number of aromatic nitrogens is 2. The van der Waals surface area contributed by atoms with Crippen LogP contribution >= 0.6 is 0 Å². The van der Waals surface area contributed by atoms with E-state index in [-0.39, 0.29) is 0 Å². The number of ether oxygens (including phenoxy) is 1. The molecular weight excluding hydrogens is 254 g/mol. The summed E-state index contributed by atoms with van der Waals surface area (Å²) in [6.07, 6.45) is 2.36. The van der Waals surface area contributed by atoms with Crippen LogP contribution in [0.3, 0.4) is 0 Å². The van der Waals surface area contributed by atoms with E-state index in [0.29, 0.717) is 18.3 Å². The summed E-state index contributed by atoms with van der Waals surface area (Å²) < 4.78 is 10.4. The van der Waals surface area contributed by atoms with E-state index in [1.165, 1.54) is 12.8 Å². The van der Waals surface area contributed by atoms with Crippen molar-refractivity contribution in [3.05, 3.63) is 30.2 Å². The Kier molecular flexibility index (Phi) is 5.12. The van der Waals surface area contributed by atoms with Gasteiger partial charge in [0.25, 0.3) is 0 Å². The summed E-state index contributed by atoms with van der Waals surface area (Å²) in [5.41, 5.74) is 0.928. The lowest BCUT2D eigenvalue weighted by molar-refractivity contribution is 0.264. The quantitative estimate of drug-likeness (QED) is 0.777. The van der Waals surface area contributed by atoms with Crippen molar-refractivity contribution in [2.24, 2.45) is 0 Å². The second kappa shape index (κ2) is 7.05. The van der Waals surface area contributed by atoms with Crippen molar-refractivity contribution >= 4 is 0 Å². The molecule has 0 aliphatic rings. The molecule has 0 N–H and O–H groups in total. The molecule has 0 aliphatic carbocycles. The third kappa shape index (κ3) is 3.81. The van der Waals surface area contributed by atoms with Crippen LogP contribution in [0.4, 0.5) is 0 Å². The van der Waals surface area contributed by atoms with Gasteiger partial charge in [-0.1, -0.05) is 18.5 Å². The molecule has 108 valence electrons. The number of hydrogen-bond acceptors (Lipinski definition) is 5. The normalized spacial score (nSPS) is 11.0. The van der Waals surface area contributed by atoms with Crippen LogP contribution in [-0.4, -0.2) is 35.7 Å². The van der Waals surface area contributed by atoms with Gasteiger partial charge in [0, 0.05) is 5.56 Å². The van der Waals surface area contributed by atoms with Crippen LogP contribution in [0, 0.1) is 0 Å². The minimum absolute atomic E-state index is 0.617. The van der Waals surface area contributed by atoms with Crippen LogP contribution in [0.15, 0.2) is 28.8 Å². The first-order valence-electron chi connectivity index (χ1n) is 6.88. The van der Waals surface area contributed by atoms with Crippen LogP contribution in [-0.2, 0) is 6.54 Å². The van der Waals surface area contributed by atoms with Crippen LogP contribution in [0.2, 0.25) is 0 Å². The van der Waals surface area contributed by atoms with Crippen LogP contribution in [0.5, 0.6) is 5.75 Å². The van der Waals surface area contributed by atoms with Gasteiger partial charge in [-0.15, -0.1) is 0 Å². The molecule has 0 aliphatic heterocycles. The lowest BCUT2D eigenvalue weighted by Gasteiger charge is -2.12. The van der Waals surface area contributed by atoms with Gasteiger partial charge in [-0.3, -0.25) is 4.90 Å². The predicted octanol–water partition coefficient (Wildman–Crippen LogP) is 2.98. The molecule has 0 radical (unpaired) electrons. The lowest BCUT2D eigenvalue weighted by Crippen LogP contribution is -2.19. The van der Waals surface area contributed by atoms with Crippen LogP contribution in [0.25, 0.3) is 11.4 Å². The standard InChI is InChI=1S/C15H21N3O2/c1-4-5-10-18(2)11-14-16-15(17-20-14)12-6-8-13(19-3)9-7-12/h6-9H,4-5,10-11H2,1-3H3. The lowest BCUT2D eigenvalue weighted by atomic mass is 10.2. The van der Waals surface area contributed by atoms with Crippen molar-refractivity contribution in [3.63, 3.8) is 0 Å². The van der Waals surface area contributed by atoms with Crippen molar-refractivity contribution in [1.82, 2.24) is 15.0 Å². The zero-order chi connectivity index (χ0) is 14.4. The Bertz CT molecular complexity index is 522. The molecule has 20 heavy (non-hydrogen) atoms. The number of unbranched alkanes of at least 4 members (excludes halogenated alkanes) is 1. The Labute approximate surface area is 119 Å². The molecule has 5 nitrogen and oxygen atoms in total. The molecule has 1 aromatic heterocycles. The first-order chi connectivity index (χ1) is 9.72. The zero-order valence-corrected chi connectivity index (χ0v) is 12.3. The number of nitrogens with zero attached hydrogens (tertiary/aromatic N) is 3. The minimum Gasteiger partial charge on any atom is -0.497 e. The summed E-state index contributed by atoms with van der Waals surface area (Å²) in [4.78, 5) is 6.61. The molecular formula is C15H21N3O2. The zero-order valence-electron chi connectivity index (χ0n) is 12.3. The fourth-order valence-electron chi connectivity index (χ4n) is 1.91. The average molecular weight is 275 g/mol. The molecule has 1 aromatic carbocycles. The highest BCUT2D eigenvalue weighted by Crippen LogP contribution is 2.19. The first kappa shape index (κ1) is 14.5. The van der Waals surface area contributed by atoms with Gasteiger partial charge >= 0.3 is 0 Å². The molecule has 0 bridgehead atoms. The van der Waals surface area contributed by atoms with Gasteiger partial charge < -0.3 is 9.26 Å². The van der Waals surface area contributed by atoms with Crippen LogP contribution < -0.4 is 4.74 Å². The fourth-order valence-corrected chi connectivity index (χ4v) is 1.91. The van der Waals surface area contributed by atoms with E-state index in [1.807, 2.05) is 24.3 Å². The van der Waals surface area contributed by atoms with Crippen molar-refractivity contribution in [2.45, 2.75) is 26.3 Å². The Morgan fingerprint density at radius 3 is 2.65 bits per heavy atom. The second-order valence-corrected chi connectivity index (χ2v) is 4.83. The van der Waals surface area contributed by atoms with E-state index in [4.69, 9.17) is 9.26 Å². The molecule has 0 fully saturated rings. The molecule has 0 saturated heterocycles. The topological polar surface area (TPSA) is 51.4 Å². The van der Waals surface area contributed by atoms with Crippen molar-refractivity contribution < 1.29 is 9.26 Å². The SMILES string of the molecule is CCCCN(C)Cc1nc(-c2ccc(OC)cc2)no1. The van der Waals surface area contributed by atoms with Gasteiger partial charge in [-0.05, 0) is 44.3 Å². The van der Waals surface area contributed by atoms with E-state index in [1.54, 1.807) is 7.11 Å². The molecule has 1 heterocycles. The molecule has 0 unspecified atom stereocenters. The highest BCUT2D eigenvalue weighted by molar-refractivity contribution is 5.55. The molecule has 0 amide bonds. The summed E-state index contributed by atoms with van der Waals surface area (Å²) in [7, 11) is 3.71. The van der Waals surface area contributed by atoms with Crippen molar-refractivity contribution in [2.75, 3.05) is 20.7 Å². The highest BCUT2D eigenvalue weighted by atomic mass is 16.5. The third-order valence-corrected chi connectivity index (χ3v) is 3.11. The maximum absolute atomic E-state index is 5.29. The smallest absolute Gasteiger partial charge is 0.241 e. The number of benzene rings is 1. The molecule has 0 spiro atoms. The van der Waals surface area contributed by atoms with E-state index in [0.717, 1.165) is 17.9 Å². The molecule has 2 rings (SSSR count). The molecule has 5 heteroatoms.